The van der Waals surface area contributed by atoms with Crippen LogP contribution in [0.3, 0.4) is 0 Å². The molecule has 16 heavy (non-hydrogen) atoms. The number of nitrogens with two attached hydrogens (primary N) is 1. The molecule has 2 atom stereocenters. The molecule has 1 fully saturated rings. The molecule has 0 spiro atoms. The van der Waals surface area contributed by atoms with Gasteiger partial charge in [-0.2, -0.15) is 5.10 Å². The third kappa shape index (κ3) is 2.82. The zero-order valence-corrected chi connectivity index (χ0v) is 9.28. The lowest BCUT2D eigenvalue weighted by atomic mass is 9.85. The number of aromatic nitrogens is 2. The molecule has 0 aliphatic heterocycles. The fourth-order valence-electron chi connectivity index (χ4n) is 2.18. The molecule has 5 nitrogen and oxygen atoms in total. The van der Waals surface area contributed by atoms with Crippen molar-refractivity contribution in [2.75, 3.05) is 0 Å². The fraction of sp³-hybridized carbons (Fsp3) is 0.636. The molecule has 1 saturated carbocycles. The van der Waals surface area contributed by atoms with Gasteiger partial charge in [-0.25, -0.2) is 0 Å². The van der Waals surface area contributed by atoms with E-state index in [1.165, 1.54) is 0 Å². The van der Waals surface area contributed by atoms with E-state index in [0.29, 0.717) is 6.54 Å². The first-order chi connectivity index (χ1) is 7.75. The monoisotopic (exact) mass is 222 g/mol. The van der Waals surface area contributed by atoms with Crippen LogP contribution in [0.5, 0.6) is 0 Å². The van der Waals surface area contributed by atoms with Crippen LogP contribution in [0.4, 0.5) is 0 Å². The number of aromatic amines is 1. The average molecular weight is 222 g/mol. The van der Waals surface area contributed by atoms with Gasteiger partial charge in [0, 0.05) is 18.2 Å². The predicted molar refractivity (Wildman–Crippen MR) is 60.4 cm³/mol. The summed E-state index contributed by atoms with van der Waals surface area (Å²) in [6, 6.07) is 2.05. The summed E-state index contributed by atoms with van der Waals surface area (Å²) in [6.07, 6.45) is 5.56. The molecule has 88 valence electrons. The van der Waals surface area contributed by atoms with Crippen molar-refractivity contribution >= 4 is 5.91 Å². The van der Waals surface area contributed by atoms with Crippen LogP contribution in [-0.4, -0.2) is 22.1 Å². The number of nitrogens with one attached hydrogen (secondary N) is 2. The Labute approximate surface area is 94.8 Å². The summed E-state index contributed by atoms with van der Waals surface area (Å²) in [5.41, 5.74) is 6.78. The van der Waals surface area contributed by atoms with Crippen LogP contribution in [0, 0.1) is 5.92 Å². The number of nitrogens with zero attached hydrogens (tertiary/aromatic N) is 1. The third-order valence-electron chi connectivity index (χ3n) is 3.10. The van der Waals surface area contributed by atoms with Crippen LogP contribution in [0.25, 0.3) is 0 Å². The average Bonchev–Trinajstić information content (AvgIpc) is 2.78. The van der Waals surface area contributed by atoms with Gasteiger partial charge in [0.05, 0.1) is 12.2 Å². The highest BCUT2D eigenvalue weighted by Gasteiger charge is 2.24. The van der Waals surface area contributed by atoms with Crippen molar-refractivity contribution in [3.8, 4) is 0 Å². The van der Waals surface area contributed by atoms with E-state index in [-0.39, 0.29) is 17.9 Å². The fourth-order valence-corrected chi connectivity index (χ4v) is 2.18. The second-order valence-electron chi connectivity index (χ2n) is 4.42. The van der Waals surface area contributed by atoms with Gasteiger partial charge in [0.15, 0.2) is 0 Å². The molecule has 4 N–H and O–H groups in total. The first-order valence-corrected chi connectivity index (χ1v) is 5.77. The third-order valence-corrected chi connectivity index (χ3v) is 3.10. The molecule has 1 heterocycles. The van der Waals surface area contributed by atoms with E-state index in [0.717, 1.165) is 31.4 Å². The summed E-state index contributed by atoms with van der Waals surface area (Å²) in [7, 11) is 0. The molecule has 2 unspecified atom stereocenters. The van der Waals surface area contributed by atoms with Gasteiger partial charge in [-0.3, -0.25) is 9.89 Å². The summed E-state index contributed by atoms with van der Waals surface area (Å²) >= 11 is 0. The second-order valence-corrected chi connectivity index (χ2v) is 4.42. The van der Waals surface area contributed by atoms with E-state index >= 15 is 0 Å². The Balaban J connectivity index is 1.79. The molecule has 0 saturated heterocycles. The van der Waals surface area contributed by atoms with Crippen molar-refractivity contribution in [1.82, 2.24) is 15.5 Å². The Morgan fingerprint density at radius 3 is 3.19 bits per heavy atom. The van der Waals surface area contributed by atoms with Crippen molar-refractivity contribution in [2.24, 2.45) is 11.7 Å². The maximum Gasteiger partial charge on any atom is 0.223 e. The van der Waals surface area contributed by atoms with Gasteiger partial charge in [0.25, 0.3) is 0 Å². The number of hydrogen-bond acceptors (Lipinski definition) is 3. The lowest BCUT2D eigenvalue weighted by Crippen LogP contribution is -2.37. The van der Waals surface area contributed by atoms with E-state index in [1.807, 2.05) is 6.07 Å². The largest absolute Gasteiger partial charge is 0.350 e. The second kappa shape index (κ2) is 5.12. The molecule has 1 aromatic rings. The molecule has 0 radical (unpaired) electrons. The van der Waals surface area contributed by atoms with Gasteiger partial charge >= 0.3 is 0 Å². The highest BCUT2D eigenvalue weighted by atomic mass is 16.1. The first-order valence-electron chi connectivity index (χ1n) is 5.77. The van der Waals surface area contributed by atoms with E-state index in [1.54, 1.807) is 6.20 Å². The maximum atomic E-state index is 11.8. The van der Waals surface area contributed by atoms with E-state index in [9.17, 15) is 4.79 Å². The highest BCUT2D eigenvalue weighted by Crippen LogP contribution is 2.23. The summed E-state index contributed by atoms with van der Waals surface area (Å²) < 4.78 is 0. The smallest absolute Gasteiger partial charge is 0.223 e. The maximum absolute atomic E-state index is 11.8. The zero-order chi connectivity index (χ0) is 11.4. The Morgan fingerprint density at radius 2 is 2.50 bits per heavy atom. The van der Waals surface area contributed by atoms with Crippen LogP contribution < -0.4 is 11.1 Å². The predicted octanol–water partition coefficient (Wildman–Crippen LogP) is 0.543. The van der Waals surface area contributed by atoms with E-state index in [2.05, 4.69) is 15.5 Å². The van der Waals surface area contributed by atoms with E-state index in [4.69, 9.17) is 5.73 Å². The number of amides is 1. The molecule has 1 aromatic heterocycles. The summed E-state index contributed by atoms with van der Waals surface area (Å²) in [4.78, 5) is 11.8. The molecular weight excluding hydrogens is 204 g/mol. The number of H-pyrrole nitrogens is 1. The van der Waals surface area contributed by atoms with Crippen molar-refractivity contribution < 1.29 is 4.79 Å². The molecule has 5 heteroatoms. The molecule has 1 amide bonds. The van der Waals surface area contributed by atoms with Crippen molar-refractivity contribution in [1.29, 1.82) is 0 Å². The summed E-state index contributed by atoms with van der Waals surface area (Å²) in [6.45, 7) is 0.518. The lowest BCUT2D eigenvalue weighted by Gasteiger charge is -2.25. The normalized spacial score (nSPS) is 25.3. The Morgan fingerprint density at radius 1 is 1.62 bits per heavy atom. The molecular formula is C11H18N4O. The van der Waals surface area contributed by atoms with Gasteiger partial charge < -0.3 is 11.1 Å². The van der Waals surface area contributed by atoms with Gasteiger partial charge in [0.2, 0.25) is 5.91 Å². The van der Waals surface area contributed by atoms with Crippen LogP contribution in [0.2, 0.25) is 0 Å². The molecule has 0 bridgehead atoms. The van der Waals surface area contributed by atoms with Gasteiger partial charge in [0.1, 0.15) is 0 Å². The van der Waals surface area contributed by atoms with Crippen LogP contribution in [-0.2, 0) is 11.3 Å². The first kappa shape index (κ1) is 11.1. The lowest BCUT2D eigenvalue weighted by molar-refractivity contribution is -0.126. The summed E-state index contributed by atoms with van der Waals surface area (Å²) in [5.74, 6) is 0.205. The zero-order valence-electron chi connectivity index (χ0n) is 9.28. The Kier molecular flexibility index (Phi) is 3.56. The SMILES string of the molecule is NC1CCCC(C(=O)NCc2ccn[nH]2)C1. The van der Waals surface area contributed by atoms with Crippen LogP contribution in [0.15, 0.2) is 12.3 Å². The van der Waals surface area contributed by atoms with Gasteiger partial charge in [-0.05, 0) is 25.3 Å². The number of carbonyl (C=O) groups excluding carboxylic acids is 1. The van der Waals surface area contributed by atoms with Crippen molar-refractivity contribution in [3.63, 3.8) is 0 Å². The number of carbonyl (C=O) groups is 1. The minimum Gasteiger partial charge on any atom is -0.350 e. The van der Waals surface area contributed by atoms with E-state index < -0.39 is 0 Å². The number of rotatable bonds is 3. The topological polar surface area (TPSA) is 83.8 Å². The molecule has 0 aromatic carbocycles. The quantitative estimate of drug-likeness (QED) is 0.698. The standard InChI is InChI=1S/C11H18N4O/c12-9-3-1-2-8(6-9)11(16)13-7-10-4-5-14-15-10/h4-5,8-9H,1-3,6-7,12H2,(H,13,16)(H,14,15). The van der Waals surface area contributed by atoms with Gasteiger partial charge in [-0.1, -0.05) is 6.42 Å². The molecule has 1 aliphatic carbocycles. The number of hydrogen-bond donors (Lipinski definition) is 3. The summed E-state index contributed by atoms with van der Waals surface area (Å²) in [5, 5.41) is 9.55. The van der Waals surface area contributed by atoms with Gasteiger partial charge in [-0.15, -0.1) is 0 Å². The van der Waals surface area contributed by atoms with Crippen LogP contribution >= 0.6 is 0 Å². The molecule has 1 aliphatic rings. The minimum atomic E-state index is 0.0895. The van der Waals surface area contributed by atoms with Crippen molar-refractivity contribution in [3.05, 3.63) is 18.0 Å². The highest BCUT2D eigenvalue weighted by molar-refractivity contribution is 5.78. The molecule has 2 rings (SSSR count). The van der Waals surface area contributed by atoms with Crippen molar-refractivity contribution in [2.45, 2.75) is 38.3 Å². The van der Waals surface area contributed by atoms with Crippen LogP contribution in [0.1, 0.15) is 31.4 Å². The minimum absolute atomic E-state index is 0.0895. The Bertz CT molecular complexity index is 336. The Hall–Kier alpha value is -1.36.